The Morgan fingerprint density at radius 1 is 1.18 bits per heavy atom. The molecule has 2 heteroatoms. The van der Waals surface area contributed by atoms with Crippen LogP contribution in [0, 0.1) is 0 Å². The van der Waals surface area contributed by atoms with Crippen molar-refractivity contribution < 1.29 is 0 Å². The smallest absolute Gasteiger partial charge is 0.0687 e. The molecular formula is C15H25NSi. The Morgan fingerprint density at radius 3 is 2.41 bits per heavy atom. The van der Waals surface area contributed by atoms with E-state index in [2.05, 4.69) is 74.6 Å². The molecule has 0 bridgehead atoms. The number of rotatable bonds is 5. The van der Waals surface area contributed by atoms with E-state index in [9.17, 15) is 0 Å². The monoisotopic (exact) mass is 247 g/mol. The van der Waals surface area contributed by atoms with Gasteiger partial charge < -0.3 is 4.90 Å². The lowest BCUT2D eigenvalue weighted by Crippen LogP contribution is -2.19. The fraction of sp³-hybridized carbons (Fsp3) is 0.467. The minimum atomic E-state index is -1.12. The van der Waals surface area contributed by atoms with Gasteiger partial charge in [-0.1, -0.05) is 56.5 Å². The molecule has 0 heterocycles. The Labute approximate surface area is 107 Å². The largest absolute Gasteiger partial charge is 0.374 e. The van der Waals surface area contributed by atoms with Gasteiger partial charge in [-0.2, -0.15) is 0 Å². The van der Waals surface area contributed by atoms with Crippen molar-refractivity contribution in [2.75, 3.05) is 18.5 Å². The normalized spacial score (nSPS) is 12.1. The maximum Gasteiger partial charge on any atom is 0.0687 e. The first kappa shape index (κ1) is 14.0. The second-order valence-electron chi connectivity index (χ2n) is 5.68. The standard InChI is InChI=1S/C15H25NSi/c1-6-12-16(2)15-10-8-7-9-14(15)11-13-17(3,4)5/h7-11,13H,6,12H2,1-5H3/b13-11-. The molecule has 0 unspecified atom stereocenters. The third-order valence-corrected chi connectivity index (χ3v) is 3.84. The van der Waals surface area contributed by atoms with Gasteiger partial charge in [0.15, 0.2) is 0 Å². The summed E-state index contributed by atoms with van der Waals surface area (Å²) in [6.07, 6.45) is 3.48. The molecule has 0 N–H and O–H groups in total. The minimum absolute atomic E-state index is 1.11. The van der Waals surface area contributed by atoms with Gasteiger partial charge in [0.1, 0.15) is 0 Å². The van der Waals surface area contributed by atoms with Crippen LogP contribution in [0.1, 0.15) is 18.9 Å². The van der Waals surface area contributed by atoms with E-state index in [1.165, 1.54) is 17.7 Å². The van der Waals surface area contributed by atoms with Gasteiger partial charge in [0.2, 0.25) is 0 Å². The summed E-state index contributed by atoms with van der Waals surface area (Å²) >= 11 is 0. The van der Waals surface area contributed by atoms with Crippen molar-refractivity contribution >= 4 is 19.8 Å². The van der Waals surface area contributed by atoms with E-state index in [1.807, 2.05) is 0 Å². The van der Waals surface area contributed by atoms with Gasteiger partial charge in [-0.05, 0) is 18.1 Å². The number of anilines is 1. The van der Waals surface area contributed by atoms with Crippen molar-refractivity contribution in [1.82, 2.24) is 0 Å². The molecular weight excluding hydrogens is 222 g/mol. The van der Waals surface area contributed by atoms with Crippen LogP contribution >= 0.6 is 0 Å². The van der Waals surface area contributed by atoms with Gasteiger partial charge in [0, 0.05) is 19.3 Å². The molecule has 0 spiro atoms. The van der Waals surface area contributed by atoms with E-state index >= 15 is 0 Å². The van der Waals surface area contributed by atoms with Crippen LogP contribution in [-0.4, -0.2) is 21.7 Å². The lowest BCUT2D eigenvalue weighted by Gasteiger charge is -2.21. The third-order valence-electron chi connectivity index (χ3n) is 2.67. The molecule has 0 atom stereocenters. The molecule has 0 radical (unpaired) electrons. The topological polar surface area (TPSA) is 3.24 Å². The average Bonchev–Trinajstić information content (AvgIpc) is 2.26. The molecule has 1 nitrogen and oxygen atoms in total. The second-order valence-corrected chi connectivity index (χ2v) is 10.7. The first-order chi connectivity index (χ1) is 7.94. The zero-order valence-corrected chi connectivity index (χ0v) is 12.8. The van der Waals surface area contributed by atoms with Crippen molar-refractivity contribution in [3.63, 3.8) is 0 Å². The van der Waals surface area contributed by atoms with E-state index in [4.69, 9.17) is 0 Å². The highest BCUT2D eigenvalue weighted by Gasteiger charge is 2.08. The predicted octanol–water partition coefficient (Wildman–Crippen LogP) is 4.42. The SMILES string of the molecule is CCCN(C)c1ccccc1/C=C\[Si](C)(C)C. The first-order valence-electron chi connectivity index (χ1n) is 6.43. The van der Waals surface area contributed by atoms with Crippen LogP contribution in [0.3, 0.4) is 0 Å². The molecule has 0 aliphatic carbocycles. The van der Waals surface area contributed by atoms with Crippen molar-refractivity contribution in [2.45, 2.75) is 33.0 Å². The lowest BCUT2D eigenvalue weighted by molar-refractivity contribution is 0.851. The molecule has 0 amide bonds. The molecule has 0 saturated heterocycles. The highest BCUT2D eigenvalue weighted by atomic mass is 28.3. The van der Waals surface area contributed by atoms with E-state index in [0.29, 0.717) is 0 Å². The summed E-state index contributed by atoms with van der Waals surface area (Å²) < 4.78 is 0. The van der Waals surface area contributed by atoms with Crippen LogP contribution in [0.4, 0.5) is 5.69 Å². The minimum Gasteiger partial charge on any atom is -0.374 e. The van der Waals surface area contributed by atoms with E-state index < -0.39 is 8.07 Å². The quantitative estimate of drug-likeness (QED) is 0.696. The molecule has 1 aromatic rings. The summed E-state index contributed by atoms with van der Waals surface area (Å²) in [6.45, 7) is 10.4. The van der Waals surface area contributed by atoms with Crippen molar-refractivity contribution in [3.8, 4) is 0 Å². The third kappa shape index (κ3) is 4.78. The molecule has 1 aromatic carbocycles. The van der Waals surface area contributed by atoms with Gasteiger partial charge in [-0.25, -0.2) is 0 Å². The van der Waals surface area contributed by atoms with E-state index in [-0.39, 0.29) is 0 Å². The zero-order chi connectivity index (χ0) is 12.9. The molecule has 0 aromatic heterocycles. The maximum atomic E-state index is 2.41. The Morgan fingerprint density at radius 2 is 1.82 bits per heavy atom. The van der Waals surface area contributed by atoms with E-state index in [0.717, 1.165) is 6.54 Å². The molecule has 1 rings (SSSR count). The van der Waals surface area contributed by atoms with Crippen LogP contribution in [0.2, 0.25) is 19.6 Å². The first-order valence-corrected chi connectivity index (χ1v) is 10.0. The van der Waals surface area contributed by atoms with Gasteiger partial charge in [0.25, 0.3) is 0 Å². The molecule has 0 aliphatic heterocycles. The second kappa shape index (κ2) is 6.06. The van der Waals surface area contributed by atoms with Crippen LogP contribution in [0.25, 0.3) is 6.08 Å². The maximum absolute atomic E-state index is 2.41. The Bertz CT molecular complexity index is 377. The summed E-state index contributed by atoms with van der Waals surface area (Å²) in [6, 6.07) is 8.65. The Hall–Kier alpha value is -1.02. The summed E-state index contributed by atoms with van der Waals surface area (Å²) in [5.74, 6) is 0. The number of benzene rings is 1. The molecule has 94 valence electrons. The summed E-state index contributed by atoms with van der Waals surface area (Å²) in [5, 5.41) is 0. The summed E-state index contributed by atoms with van der Waals surface area (Å²) in [4.78, 5) is 2.34. The number of hydrogen-bond donors (Lipinski definition) is 0. The average molecular weight is 247 g/mol. The zero-order valence-electron chi connectivity index (χ0n) is 11.8. The molecule has 0 fully saturated rings. The van der Waals surface area contributed by atoms with Crippen molar-refractivity contribution in [2.24, 2.45) is 0 Å². The van der Waals surface area contributed by atoms with Crippen molar-refractivity contribution in [3.05, 3.63) is 35.5 Å². The number of nitrogens with zero attached hydrogens (tertiary/aromatic N) is 1. The highest BCUT2D eigenvalue weighted by molar-refractivity contribution is 6.81. The van der Waals surface area contributed by atoms with E-state index in [1.54, 1.807) is 0 Å². The summed E-state index contributed by atoms with van der Waals surface area (Å²) in [5.41, 5.74) is 5.08. The van der Waals surface area contributed by atoms with Crippen LogP contribution in [0.15, 0.2) is 30.0 Å². The lowest BCUT2D eigenvalue weighted by atomic mass is 10.1. The van der Waals surface area contributed by atoms with Gasteiger partial charge in [-0.15, -0.1) is 0 Å². The Balaban J connectivity index is 2.96. The van der Waals surface area contributed by atoms with Crippen LogP contribution in [0.5, 0.6) is 0 Å². The van der Waals surface area contributed by atoms with Gasteiger partial charge >= 0.3 is 0 Å². The molecule has 0 saturated carbocycles. The van der Waals surface area contributed by atoms with Crippen LogP contribution in [-0.2, 0) is 0 Å². The molecule has 0 aliphatic rings. The fourth-order valence-electron chi connectivity index (χ4n) is 1.77. The molecule has 17 heavy (non-hydrogen) atoms. The highest BCUT2D eigenvalue weighted by Crippen LogP contribution is 2.21. The van der Waals surface area contributed by atoms with Gasteiger partial charge in [-0.3, -0.25) is 0 Å². The summed E-state index contributed by atoms with van der Waals surface area (Å²) in [7, 11) is 1.06. The number of para-hydroxylation sites is 1. The number of hydrogen-bond acceptors (Lipinski definition) is 1. The Kier molecular flexibility index (Phi) is 5.00. The van der Waals surface area contributed by atoms with Crippen molar-refractivity contribution in [1.29, 1.82) is 0 Å². The fourth-order valence-corrected chi connectivity index (χ4v) is 2.45. The van der Waals surface area contributed by atoms with Gasteiger partial charge in [0.05, 0.1) is 8.07 Å². The van der Waals surface area contributed by atoms with Crippen LogP contribution < -0.4 is 4.90 Å². The predicted molar refractivity (Wildman–Crippen MR) is 82.4 cm³/mol.